The Morgan fingerprint density at radius 3 is 2.68 bits per heavy atom. The van der Waals surface area contributed by atoms with Gasteiger partial charge in [0.05, 0.1) is 22.1 Å². The van der Waals surface area contributed by atoms with Gasteiger partial charge in [-0.05, 0) is 54.8 Å². The van der Waals surface area contributed by atoms with Crippen LogP contribution in [0.1, 0.15) is 25.3 Å². The predicted molar refractivity (Wildman–Crippen MR) is 106 cm³/mol. The fourth-order valence-electron chi connectivity index (χ4n) is 3.11. The normalized spacial score (nSPS) is 11.4. The Morgan fingerprint density at radius 1 is 1.12 bits per heavy atom. The molecule has 2 aromatic heterocycles. The lowest BCUT2D eigenvalue weighted by Crippen LogP contribution is -2.13. The summed E-state index contributed by atoms with van der Waals surface area (Å²) < 4.78 is 2.56. The van der Waals surface area contributed by atoms with E-state index in [1.807, 2.05) is 30.3 Å². The topological polar surface area (TPSA) is 50.7 Å². The van der Waals surface area contributed by atoms with Gasteiger partial charge in [0.1, 0.15) is 0 Å². The molecular weight excluding hydrogens is 378 g/mol. The monoisotopic (exact) mass is 395 g/mol. The second-order valence-corrected chi connectivity index (χ2v) is 7.15. The molecule has 0 aliphatic rings. The highest BCUT2D eigenvalue weighted by Crippen LogP contribution is 2.23. The van der Waals surface area contributed by atoms with E-state index in [-0.39, 0.29) is 5.56 Å². The van der Waals surface area contributed by atoms with E-state index in [9.17, 15) is 4.79 Å². The molecule has 4 rings (SSSR count). The Bertz CT molecular complexity index is 1110. The summed E-state index contributed by atoms with van der Waals surface area (Å²) in [5, 5.41) is 4.89. The number of rotatable bonds is 4. The van der Waals surface area contributed by atoms with E-state index in [0.29, 0.717) is 5.39 Å². The van der Waals surface area contributed by atoms with Crippen LogP contribution in [0.4, 0.5) is 0 Å². The highest BCUT2D eigenvalue weighted by Gasteiger charge is 2.12. The number of unbranched alkanes of at least 4 members (excludes halogenated alkanes) is 1. The van der Waals surface area contributed by atoms with Crippen LogP contribution < -0.4 is 5.56 Å². The lowest BCUT2D eigenvalue weighted by atomic mass is 10.0. The molecule has 0 fully saturated rings. The van der Waals surface area contributed by atoms with Gasteiger partial charge in [0.15, 0.2) is 0 Å². The van der Waals surface area contributed by atoms with Crippen LogP contribution in [0.2, 0.25) is 0 Å². The van der Waals surface area contributed by atoms with Crippen LogP contribution in [0.5, 0.6) is 0 Å². The number of aromatic nitrogens is 3. The molecule has 0 saturated heterocycles. The third-order valence-electron chi connectivity index (χ3n) is 4.49. The number of pyridine rings is 1. The van der Waals surface area contributed by atoms with Crippen molar-refractivity contribution in [1.29, 1.82) is 0 Å². The zero-order valence-corrected chi connectivity index (χ0v) is 15.5. The molecule has 0 saturated carbocycles. The highest BCUT2D eigenvalue weighted by atomic mass is 79.9. The Balaban J connectivity index is 1.93. The van der Waals surface area contributed by atoms with Crippen LogP contribution in [0.3, 0.4) is 0 Å². The van der Waals surface area contributed by atoms with Gasteiger partial charge in [0, 0.05) is 16.1 Å². The van der Waals surface area contributed by atoms with E-state index in [1.165, 1.54) is 5.56 Å². The number of benzene rings is 2. The first-order valence-electron chi connectivity index (χ1n) is 8.45. The Hall–Kier alpha value is -2.40. The minimum atomic E-state index is -0.0781. The van der Waals surface area contributed by atoms with Crippen molar-refractivity contribution in [3.8, 4) is 5.69 Å². The molecule has 0 radical (unpaired) electrons. The van der Waals surface area contributed by atoms with Gasteiger partial charge in [-0.1, -0.05) is 35.3 Å². The summed E-state index contributed by atoms with van der Waals surface area (Å²) in [6, 6.07) is 14.0. The first-order valence-corrected chi connectivity index (χ1v) is 9.25. The molecule has 0 aliphatic carbocycles. The van der Waals surface area contributed by atoms with Crippen LogP contribution in [0, 0.1) is 0 Å². The first kappa shape index (κ1) is 16.1. The van der Waals surface area contributed by atoms with Gasteiger partial charge in [-0.2, -0.15) is 0 Å². The maximum atomic E-state index is 12.8. The van der Waals surface area contributed by atoms with Crippen molar-refractivity contribution in [3.63, 3.8) is 0 Å². The van der Waals surface area contributed by atoms with E-state index in [0.717, 1.165) is 45.8 Å². The van der Waals surface area contributed by atoms with Crippen molar-refractivity contribution in [2.75, 3.05) is 0 Å². The first-order chi connectivity index (χ1) is 12.2. The minimum absolute atomic E-state index is 0.0781. The van der Waals surface area contributed by atoms with Crippen molar-refractivity contribution >= 4 is 37.7 Å². The summed E-state index contributed by atoms with van der Waals surface area (Å²) in [7, 11) is 0. The minimum Gasteiger partial charge on any atom is -0.290 e. The van der Waals surface area contributed by atoms with Gasteiger partial charge in [0.2, 0.25) is 0 Å². The number of aryl methyl sites for hydroxylation is 1. The Kier molecular flexibility index (Phi) is 4.17. The Morgan fingerprint density at radius 2 is 1.92 bits per heavy atom. The van der Waals surface area contributed by atoms with Crippen LogP contribution in [-0.4, -0.2) is 14.8 Å². The maximum absolute atomic E-state index is 12.8. The van der Waals surface area contributed by atoms with Crippen LogP contribution in [0.25, 0.3) is 27.5 Å². The molecular formula is C20H18BrN3O. The lowest BCUT2D eigenvalue weighted by Gasteiger charge is -2.04. The number of nitrogens with one attached hydrogen (secondary N) is 1. The van der Waals surface area contributed by atoms with Crippen molar-refractivity contribution in [2.24, 2.45) is 0 Å². The molecule has 2 aromatic carbocycles. The second-order valence-electron chi connectivity index (χ2n) is 6.23. The van der Waals surface area contributed by atoms with Crippen molar-refractivity contribution in [3.05, 3.63) is 69.1 Å². The van der Waals surface area contributed by atoms with Crippen LogP contribution >= 0.6 is 15.9 Å². The molecule has 0 aliphatic heterocycles. The third-order valence-corrected chi connectivity index (χ3v) is 5.02. The molecule has 126 valence electrons. The summed E-state index contributed by atoms with van der Waals surface area (Å²) in [6.45, 7) is 2.19. The lowest BCUT2D eigenvalue weighted by molar-refractivity contribution is 0.796. The number of H-pyrrole nitrogens is 1. The fourth-order valence-corrected chi connectivity index (χ4v) is 3.38. The van der Waals surface area contributed by atoms with Gasteiger partial charge in [0.25, 0.3) is 5.56 Å². The van der Waals surface area contributed by atoms with E-state index < -0.39 is 0 Å². The highest BCUT2D eigenvalue weighted by molar-refractivity contribution is 9.10. The molecule has 4 nitrogen and oxygen atoms in total. The van der Waals surface area contributed by atoms with Crippen molar-refractivity contribution in [1.82, 2.24) is 14.8 Å². The molecule has 4 aromatic rings. The summed E-state index contributed by atoms with van der Waals surface area (Å²) in [5.41, 5.74) is 3.75. The largest absolute Gasteiger partial charge is 0.290 e. The number of nitrogens with zero attached hydrogens (tertiary/aromatic N) is 2. The van der Waals surface area contributed by atoms with Gasteiger partial charge in [-0.25, -0.2) is 4.68 Å². The third kappa shape index (κ3) is 2.89. The number of hydrogen-bond donors (Lipinski definition) is 1. The SMILES string of the molecule is CCCCc1ccc2ncc3c(=O)n(-c4ccc(Br)cc4)[nH]c3c2c1. The number of fused-ring (bicyclic) bond motifs is 3. The summed E-state index contributed by atoms with van der Waals surface area (Å²) in [5.74, 6) is 0. The summed E-state index contributed by atoms with van der Waals surface area (Å²) in [6.07, 6.45) is 5.03. The van der Waals surface area contributed by atoms with Crippen molar-refractivity contribution in [2.45, 2.75) is 26.2 Å². The van der Waals surface area contributed by atoms with Gasteiger partial charge in [-0.3, -0.25) is 14.9 Å². The van der Waals surface area contributed by atoms with E-state index in [2.05, 4.69) is 45.1 Å². The fraction of sp³-hybridized carbons (Fsp3) is 0.200. The average molecular weight is 396 g/mol. The number of hydrogen-bond acceptors (Lipinski definition) is 2. The molecule has 0 atom stereocenters. The molecule has 0 spiro atoms. The van der Waals surface area contributed by atoms with Gasteiger partial charge >= 0.3 is 0 Å². The van der Waals surface area contributed by atoms with Crippen LogP contribution in [-0.2, 0) is 6.42 Å². The average Bonchev–Trinajstić information content (AvgIpc) is 2.98. The standard InChI is InChI=1S/C20H18BrN3O/c1-2-3-4-13-5-10-18-16(11-13)19-17(12-22-18)20(25)24(23-19)15-8-6-14(21)7-9-15/h5-12,23H,2-4H2,1H3. The van der Waals surface area contributed by atoms with E-state index in [1.54, 1.807) is 10.9 Å². The maximum Gasteiger partial charge on any atom is 0.280 e. The molecule has 5 heteroatoms. The van der Waals surface area contributed by atoms with E-state index in [4.69, 9.17) is 0 Å². The molecule has 0 unspecified atom stereocenters. The zero-order valence-electron chi connectivity index (χ0n) is 13.9. The quantitative estimate of drug-likeness (QED) is 0.530. The molecule has 1 N–H and O–H groups in total. The van der Waals surface area contributed by atoms with Crippen LogP contribution in [0.15, 0.2) is 57.9 Å². The van der Waals surface area contributed by atoms with Gasteiger partial charge in [-0.15, -0.1) is 0 Å². The zero-order chi connectivity index (χ0) is 17.4. The van der Waals surface area contributed by atoms with E-state index >= 15 is 0 Å². The molecule has 2 heterocycles. The molecule has 0 bridgehead atoms. The Labute approximate surface area is 153 Å². The molecule has 25 heavy (non-hydrogen) atoms. The summed E-state index contributed by atoms with van der Waals surface area (Å²) >= 11 is 3.42. The smallest absolute Gasteiger partial charge is 0.280 e. The molecule has 0 amide bonds. The summed E-state index contributed by atoms with van der Waals surface area (Å²) in [4.78, 5) is 17.3. The number of halogens is 1. The predicted octanol–water partition coefficient (Wildman–Crippen LogP) is 4.97. The number of aromatic amines is 1. The second kappa shape index (κ2) is 6.48. The van der Waals surface area contributed by atoms with Crippen molar-refractivity contribution < 1.29 is 0 Å². The van der Waals surface area contributed by atoms with Gasteiger partial charge < -0.3 is 0 Å².